The van der Waals surface area contributed by atoms with Gasteiger partial charge in [0, 0.05) is 0 Å². The maximum atomic E-state index is 4.99. The van der Waals surface area contributed by atoms with Crippen LogP contribution in [0.25, 0.3) is 0 Å². The summed E-state index contributed by atoms with van der Waals surface area (Å²) in [5.41, 5.74) is 2.20. The molecule has 0 aliphatic rings. The molecule has 0 aromatic rings. The van der Waals surface area contributed by atoms with Crippen molar-refractivity contribution in [2.75, 3.05) is 7.11 Å². The zero-order valence-corrected chi connectivity index (χ0v) is 6.62. The van der Waals surface area contributed by atoms with Crippen LogP contribution >= 0.6 is 0 Å². The van der Waals surface area contributed by atoms with Crippen LogP contribution in [-0.2, 0) is 4.74 Å². The number of methoxy groups -OCH3 is 1. The summed E-state index contributed by atoms with van der Waals surface area (Å²) in [4.78, 5) is 0. The van der Waals surface area contributed by atoms with Crippen LogP contribution in [0.1, 0.15) is 20.8 Å². The van der Waals surface area contributed by atoms with E-state index in [2.05, 4.69) is 6.58 Å². The first-order valence-corrected chi connectivity index (χ1v) is 2.97. The van der Waals surface area contributed by atoms with Crippen LogP contribution in [0.2, 0.25) is 0 Å². The molecule has 0 bridgehead atoms. The molecule has 1 heteroatoms. The lowest BCUT2D eigenvalue weighted by Gasteiger charge is -2.04. The standard InChI is InChI=1S/C8H14O/c1-6(2)7(3)8(4)9-5/h1H2,2-5H3/b8-7-. The molecule has 0 saturated heterocycles. The normalized spacial score (nSPS) is 12.4. The van der Waals surface area contributed by atoms with Gasteiger partial charge in [0.15, 0.2) is 0 Å². The van der Waals surface area contributed by atoms with E-state index in [1.54, 1.807) is 7.11 Å². The van der Waals surface area contributed by atoms with E-state index in [0.29, 0.717) is 0 Å². The highest BCUT2D eigenvalue weighted by Gasteiger charge is 1.94. The Kier molecular flexibility index (Phi) is 3.07. The van der Waals surface area contributed by atoms with Crippen molar-refractivity contribution in [3.63, 3.8) is 0 Å². The van der Waals surface area contributed by atoms with Gasteiger partial charge in [0.2, 0.25) is 0 Å². The van der Waals surface area contributed by atoms with Gasteiger partial charge in [-0.15, -0.1) is 0 Å². The number of hydrogen-bond donors (Lipinski definition) is 0. The Morgan fingerprint density at radius 2 is 1.67 bits per heavy atom. The van der Waals surface area contributed by atoms with Gasteiger partial charge in [0.1, 0.15) is 0 Å². The van der Waals surface area contributed by atoms with Gasteiger partial charge < -0.3 is 4.74 Å². The maximum absolute atomic E-state index is 4.99. The molecule has 52 valence electrons. The number of rotatable bonds is 2. The van der Waals surface area contributed by atoms with Crippen molar-refractivity contribution in [1.82, 2.24) is 0 Å². The molecular weight excluding hydrogens is 112 g/mol. The lowest BCUT2D eigenvalue weighted by atomic mass is 10.1. The smallest absolute Gasteiger partial charge is 0.0956 e. The molecule has 0 unspecified atom stereocenters. The van der Waals surface area contributed by atoms with Crippen molar-refractivity contribution in [3.8, 4) is 0 Å². The first-order chi connectivity index (χ1) is 4.09. The summed E-state index contributed by atoms with van der Waals surface area (Å²) in [5.74, 6) is 0.947. The Balaban J connectivity index is 4.28. The number of allylic oxidation sites excluding steroid dienone is 3. The third kappa shape index (κ3) is 2.36. The van der Waals surface area contributed by atoms with E-state index in [0.717, 1.165) is 16.9 Å². The molecular formula is C8H14O. The summed E-state index contributed by atoms with van der Waals surface area (Å²) in [5, 5.41) is 0. The maximum Gasteiger partial charge on any atom is 0.0956 e. The largest absolute Gasteiger partial charge is 0.501 e. The minimum absolute atomic E-state index is 0.947. The summed E-state index contributed by atoms with van der Waals surface area (Å²) < 4.78 is 4.99. The zero-order valence-electron chi connectivity index (χ0n) is 6.62. The zero-order chi connectivity index (χ0) is 7.44. The van der Waals surface area contributed by atoms with Gasteiger partial charge in [0.25, 0.3) is 0 Å². The van der Waals surface area contributed by atoms with Crippen LogP contribution in [0.3, 0.4) is 0 Å². The summed E-state index contributed by atoms with van der Waals surface area (Å²) in [6.07, 6.45) is 0. The molecule has 0 aromatic heterocycles. The summed E-state index contributed by atoms with van der Waals surface area (Å²) >= 11 is 0. The van der Waals surface area contributed by atoms with E-state index in [9.17, 15) is 0 Å². The van der Waals surface area contributed by atoms with Crippen LogP contribution in [0.5, 0.6) is 0 Å². The number of hydrogen-bond acceptors (Lipinski definition) is 1. The van der Waals surface area contributed by atoms with Crippen LogP contribution in [-0.4, -0.2) is 7.11 Å². The van der Waals surface area contributed by atoms with Crippen LogP contribution in [0.15, 0.2) is 23.5 Å². The van der Waals surface area contributed by atoms with Gasteiger partial charge in [-0.05, 0) is 26.3 Å². The second kappa shape index (κ2) is 3.33. The van der Waals surface area contributed by atoms with Crippen LogP contribution < -0.4 is 0 Å². The van der Waals surface area contributed by atoms with Crippen LogP contribution in [0, 0.1) is 0 Å². The highest BCUT2D eigenvalue weighted by Crippen LogP contribution is 2.10. The van der Waals surface area contributed by atoms with Gasteiger partial charge >= 0.3 is 0 Å². The van der Waals surface area contributed by atoms with Gasteiger partial charge in [0.05, 0.1) is 12.9 Å². The Bertz CT molecular complexity index is 143. The number of ether oxygens (including phenoxy) is 1. The minimum atomic E-state index is 0.947. The summed E-state index contributed by atoms with van der Waals surface area (Å²) in [6.45, 7) is 9.69. The van der Waals surface area contributed by atoms with Gasteiger partial charge in [-0.25, -0.2) is 0 Å². The van der Waals surface area contributed by atoms with E-state index in [-0.39, 0.29) is 0 Å². The van der Waals surface area contributed by atoms with Gasteiger partial charge in [-0.3, -0.25) is 0 Å². The van der Waals surface area contributed by atoms with Gasteiger partial charge in [-0.2, -0.15) is 0 Å². The topological polar surface area (TPSA) is 9.23 Å². The van der Waals surface area contributed by atoms with E-state index in [1.807, 2.05) is 20.8 Å². The Morgan fingerprint density at radius 3 is 1.78 bits per heavy atom. The average molecular weight is 126 g/mol. The van der Waals surface area contributed by atoms with E-state index >= 15 is 0 Å². The Hall–Kier alpha value is -0.720. The molecule has 0 aliphatic carbocycles. The quantitative estimate of drug-likeness (QED) is 0.408. The van der Waals surface area contributed by atoms with Crippen LogP contribution in [0.4, 0.5) is 0 Å². The molecule has 0 heterocycles. The van der Waals surface area contributed by atoms with E-state index in [1.165, 1.54) is 0 Å². The molecule has 0 fully saturated rings. The van der Waals surface area contributed by atoms with Crippen molar-refractivity contribution in [2.45, 2.75) is 20.8 Å². The van der Waals surface area contributed by atoms with E-state index in [4.69, 9.17) is 4.74 Å². The monoisotopic (exact) mass is 126 g/mol. The molecule has 0 saturated carbocycles. The first-order valence-electron chi connectivity index (χ1n) is 2.97. The molecule has 0 N–H and O–H groups in total. The summed E-state index contributed by atoms with van der Waals surface area (Å²) in [7, 11) is 1.67. The highest BCUT2D eigenvalue weighted by molar-refractivity contribution is 5.25. The third-order valence-corrected chi connectivity index (χ3v) is 1.47. The van der Waals surface area contributed by atoms with Crippen molar-refractivity contribution in [2.24, 2.45) is 0 Å². The average Bonchev–Trinajstić information content (AvgIpc) is 1.84. The minimum Gasteiger partial charge on any atom is -0.501 e. The van der Waals surface area contributed by atoms with Crippen molar-refractivity contribution in [1.29, 1.82) is 0 Å². The third-order valence-electron chi connectivity index (χ3n) is 1.47. The lowest BCUT2D eigenvalue weighted by Crippen LogP contribution is -1.86. The Labute approximate surface area is 57.0 Å². The molecule has 0 aromatic carbocycles. The molecule has 0 aliphatic heterocycles. The predicted octanol–water partition coefficient (Wildman–Crippen LogP) is 2.50. The second-order valence-electron chi connectivity index (χ2n) is 2.17. The fraction of sp³-hybridized carbons (Fsp3) is 0.500. The Morgan fingerprint density at radius 1 is 1.22 bits per heavy atom. The van der Waals surface area contributed by atoms with Crippen molar-refractivity contribution < 1.29 is 4.74 Å². The van der Waals surface area contributed by atoms with E-state index < -0.39 is 0 Å². The molecule has 9 heavy (non-hydrogen) atoms. The molecule has 1 nitrogen and oxygen atoms in total. The molecule has 0 radical (unpaired) electrons. The van der Waals surface area contributed by atoms with Crippen molar-refractivity contribution in [3.05, 3.63) is 23.5 Å². The molecule has 0 spiro atoms. The van der Waals surface area contributed by atoms with Crippen molar-refractivity contribution >= 4 is 0 Å². The fourth-order valence-electron chi connectivity index (χ4n) is 0.454. The molecule has 0 rings (SSSR count). The summed E-state index contributed by atoms with van der Waals surface area (Å²) in [6, 6.07) is 0. The SMILES string of the molecule is C=C(C)/C(C)=C(/C)OC. The highest BCUT2D eigenvalue weighted by atomic mass is 16.5. The predicted molar refractivity (Wildman–Crippen MR) is 40.2 cm³/mol. The first kappa shape index (κ1) is 8.28. The lowest BCUT2D eigenvalue weighted by molar-refractivity contribution is 0.289. The van der Waals surface area contributed by atoms with Gasteiger partial charge in [-0.1, -0.05) is 12.2 Å². The molecule has 0 amide bonds. The second-order valence-corrected chi connectivity index (χ2v) is 2.17. The molecule has 0 atom stereocenters. The fourth-order valence-corrected chi connectivity index (χ4v) is 0.454.